The molecule has 2 amide bonds. The van der Waals surface area contributed by atoms with Gasteiger partial charge in [0.2, 0.25) is 0 Å². The molecule has 1 aliphatic rings. The van der Waals surface area contributed by atoms with Gasteiger partial charge in [0.1, 0.15) is 0 Å². The van der Waals surface area contributed by atoms with E-state index < -0.39 is 24.1 Å². The fraction of sp³-hybridized carbons (Fsp3) is 0.846. The number of hydrogen-bond donors (Lipinski definition) is 3. The van der Waals surface area contributed by atoms with E-state index in [1.165, 1.54) is 6.92 Å². The molecule has 0 aromatic rings. The zero-order valence-corrected chi connectivity index (χ0v) is 12.4. The largest absolute Gasteiger partial charge is 0.480 e. The lowest BCUT2D eigenvalue weighted by atomic mass is 9.96. The van der Waals surface area contributed by atoms with Crippen LogP contribution in [0, 0.1) is 5.92 Å². The Morgan fingerprint density at radius 2 is 1.90 bits per heavy atom. The van der Waals surface area contributed by atoms with E-state index in [-0.39, 0.29) is 0 Å². The van der Waals surface area contributed by atoms with Crippen molar-refractivity contribution in [2.45, 2.75) is 31.9 Å². The summed E-state index contributed by atoms with van der Waals surface area (Å²) in [5.41, 5.74) is 0. The number of carbonyl (C=O) groups is 2. The molecule has 1 saturated heterocycles. The Hall–Kier alpha value is -1.34. The van der Waals surface area contributed by atoms with Gasteiger partial charge >= 0.3 is 12.0 Å². The molecule has 1 fully saturated rings. The molecule has 0 unspecified atom stereocenters. The summed E-state index contributed by atoms with van der Waals surface area (Å²) in [7, 11) is 4.05. The van der Waals surface area contributed by atoms with Gasteiger partial charge in [0.05, 0.1) is 6.10 Å². The fourth-order valence-electron chi connectivity index (χ4n) is 2.45. The number of nitrogens with zero attached hydrogens (tertiary/aromatic N) is 2. The number of urea groups is 1. The normalized spacial score (nSPS) is 19.8. The molecule has 1 heterocycles. The number of piperidine rings is 1. The Balaban J connectivity index is 2.44. The minimum atomic E-state index is -1.26. The van der Waals surface area contributed by atoms with Gasteiger partial charge in [0.15, 0.2) is 6.04 Å². The second-order valence-corrected chi connectivity index (χ2v) is 5.70. The van der Waals surface area contributed by atoms with Crippen molar-refractivity contribution in [2.24, 2.45) is 5.92 Å². The third-order valence-electron chi connectivity index (χ3n) is 3.55. The van der Waals surface area contributed by atoms with Gasteiger partial charge in [0.25, 0.3) is 0 Å². The van der Waals surface area contributed by atoms with E-state index in [4.69, 9.17) is 5.11 Å². The van der Waals surface area contributed by atoms with Crippen LogP contribution < -0.4 is 5.32 Å². The molecule has 2 atom stereocenters. The van der Waals surface area contributed by atoms with Crippen LogP contribution in [0.4, 0.5) is 4.79 Å². The minimum absolute atomic E-state index is 0.415. The number of aliphatic hydroxyl groups is 1. The first-order valence-corrected chi connectivity index (χ1v) is 6.92. The maximum Gasteiger partial charge on any atom is 0.328 e. The van der Waals surface area contributed by atoms with Gasteiger partial charge in [0, 0.05) is 19.6 Å². The topological polar surface area (TPSA) is 93.1 Å². The molecule has 0 saturated carbocycles. The smallest absolute Gasteiger partial charge is 0.328 e. The summed E-state index contributed by atoms with van der Waals surface area (Å²) >= 11 is 0. The molecule has 0 aliphatic carbocycles. The third kappa shape index (κ3) is 4.97. The summed E-state index contributed by atoms with van der Waals surface area (Å²) in [6.45, 7) is 3.59. The lowest BCUT2D eigenvalue weighted by Gasteiger charge is -2.34. The van der Waals surface area contributed by atoms with E-state index in [9.17, 15) is 14.7 Å². The number of amides is 2. The zero-order valence-electron chi connectivity index (χ0n) is 12.4. The van der Waals surface area contributed by atoms with Gasteiger partial charge < -0.3 is 25.3 Å². The summed E-state index contributed by atoms with van der Waals surface area (Å²) in [6.07, 6.45) is 0.707. The highest BCUT2D eigenvalue weighted by atomic mass is 16.4. The first-order chi connectivity index (χ1) is 9.31. The van der Waals surface area contributed by atoms with Crippen LogP contribution >= 0.6 is 0 Å². The predicted octanol–water partition coefficient (Wildman–Crippen LogP) is -0.196. The Bertz CT molecular complexity index is 339. The second-order valence-electron chi connectivity index (χ2n) is 5.70. The monoisotopic (exact) mass is 287 g/mol. The van der Waals surface area contributed by atoms with Gasteiger partial charge in [-0.2, -0.15) is 0 Å². The van der Waals surface area contributed by atoms with E-state index in [0.717, 1.165) is 19.4 Å². The van der Waals surface area contributed by atoms with Crippen LogP contribution in [0.2, 0.25) is 0 Å². The molecule has 0 radical (unpaired) electrons. The van der Waals surface area contributed by atoms with Crippen molar-refractivity contribution in [1.29, 1.82) is 0 Å². The van der Waals surface area contributed by atoms with Crippen molar-refractivity contribution in [2.75, 3.05) is 33.7 Å². The highest BCUT2D eigenvalue weighted by molar-refractivity contribution is 5.83. The van der Waals surface area contributed by atoms with Gasteiger partial charge in [-0.25, -0.2) is 9.59 Å². The number of nitrogens with one attached hydrogen (secondary N) is 1. The summed E-state index contributed by atoms with van der Waals surface area (Å²) in [5, 5.41) is 20.7. The number of carboxylic acids is 1. The van der Waals surface area contributed by atoms with E-state index in [2.05, 4.69) is 10.2 Å². The van der Waals surface area contributed by atoms with Crippen molar-refractivity contribution in [3.05, 3.63) is 0 Å². The molecule has 1 aliphatic heterocycles. The summed E-state index contributed by atoms with van der Waals surface area (Å²) < 4.78 is 0. The van der Waals surface area contributed by atoms with E-state index in [1.807, 2.05) is 14.1 Å². The molecular weight excluding hydrogens is 262 g/mol. The van der Waals surface area contributed by atoms with Crippen molar-refractivity contribution in [3.8, 4) is 0 Å². The van der Waals surface area contributed by atoms with Crippen LogP contribution in [0.5, 0.6) is 0 Å². The first-order valence-electron chi connectivity index (χ1n) is 6.92. The van der Waals surface area contributed by atoms with Crippen LogP contribution in [-0.2, 0) is 4.79 Å². The molecule has 7 heteroatoms. The van der Waals surface area contributed by atoms with Gasteiger partial charge in [-0.1, -0.05) is 0 Å². The fourth-order valence-corrected chi connectivity index (χ4v) is 2.45. The number of carboxylic acid groups (broad SMARTS) is 1. The van der Waals surface area contributed by atoms with E-state index in [1.54, 1.807) is 4.90 Å². The summed E-state index contributed by atoms with van der Waals surface area (Å²) in [4.78, 5) is 26.7. The number of rotatable bonds is 5. The van der Waals surface area contributed by atoms with Crippen molar-refractivity contribution >= 4 is 12.0 Å². The summed E-state index contributed by atoms with van der Waals surface area (Å²) in [5.74, 6) is -0.656. The standard InChI is InChI=1S/C13H25N3O4/c1-9(17)11(12(18)19)14-13(20)16-6-4-10(5-7-16)8-15(2)3/h9-11,17H,4-8H2,1-3H3,(H,14,20)(H,18,19)/t9-,11+/m1/s1. The Kier molecular flexibility index (Phi) is 6.22. The molecule has 20 heavy (non-hydrogen) atoms. The summed E-state index contributed by atoms with van der Waals surface area (Å²) in [6, 6.07) is -1.68. The third-order valence-corrected chi connectivity index (χ3v) is 3.55. The molecule has 7 nitrogen and oxygen atoms in total. The molecule has 0 bridgehead atoms. The van der Waals surface area contributed by atoms with Crippen molar-refractivity contribution in [3.63, 3.8) is 0 Å². The lowest BCUT2D eigenvalue weighted by Crippen LogP contribution is -2.54. The van der Waals surface area contributed by atoms with Gasteiger partial charge in [-0.3, -0.25) is 0 Å². The predicted molar refractivity (Wildman–Crippen MR) is 74.5 cm³/mol. The average molecular weight is 287 g/mol. The number of likely N-dealkylation sites (tertiary alicyclic amines) is 1. The van der Waals surface area contributed by atoms with E-state index in [0.29, 0.717) is 19.0 Å². The number of aliphatic hydroxyl groups excluding tert-OH is 1. The van der Waals surface area contributed by atoms with Crippen molar-refractivity contribution in [1.82, 2.24) is 15.1 Å². The number of aliphatic carboxylic acids is 1. The Labute approximate surface area is 119 Å². The molecule has 116 valence electrons. The van der Waals surface area contributed by atoms with Gasteiger partial charge in [-0.05, 0) is 39.8 Å². The molecule has 0 aromatic heterocycles. The van der Waals surface area contributed by atoms with Crippen molar-refractivity contribution < 1.29 is 19.8 Å². The van der Waals surface area contributed by atoms with Crippen LogP contribution in [0.1, 0.15) is 19.8 Å². The van der Waals surface area contributed by atoms with E-state index >= 15 is 0 Å². The molecule has 3 N–H and O–H groups in total. The molecule has 0 spiro atoms. The van der Waals surface area contributed by atoms with Gasteiger partial charge in [-0.15, -0.1) is 0 Å². The lowest BCUT2D eigenvalue weighted by molar-refractivity contribution is -0.141. The molecule has 0 aromatic carbocycles. The van der Waals surface area contributed by atoms with Crippen LogP contribution in [0.15, 0.2) is 0 Å². The Morgan fingerprint density at radius 3 is 2.30 bits per heavy atom. The quantitative estimate of drug-likeness (QED) is 0.651. The highest BCUT2D eigenvalue weighted by Gasteiger charge is 2.29. The minimum Gasteiger partial charge on any atom is -0.480 e. The first kappa shape index (κ1) is 16.7. The second kappa shape index (κ2) is 7.44. The van der Waals surface area contributed by atoms with Crippen LogP contribution in [-0.4, -0.2) is 77.9 Å². The molecular formula is C13H25N3O4. The molecule has 1 rings (SSSR count). The van der Waals surface area contributed by atoms with Crippen LogP contribution in [0.3, 0.4) is 0 Å². The Morgan fingerprint density at radius 1 is 1.35 bits per heavy atom. The average Bonchev–Trinajstić information content (AvgIpc) is 2.35. The zero-order chi connectivity index (χ0) is 15.3. The maximum absolute atomic E-state index is 12.0. The van der Waals surface area contributed by atoms with Crippen LogP contribution in [0.25, 0.3) is 0 Å². The highest BCUT2D eigenvalue weighted by Crippen LogP contribution is 2.17. The number of hydrogen-bond acceptors (Lipinski definition) is 4. The maximum atomic E-state index is 12.0. The number of carbonyl (C=O) groups excluding carboxylic acids is 1. The SMILES string of the molecule is C[C@@H](O)[C@H](NC(=O)N1CCC(CN(C)C)CC1)C(=O)O.